The smallest absolute Gasteiger partial charge is 0.196 e. The summed E-state index contributed by atoms with van der Waals surface area (Å²) in [7, 11) is 0. The summed E-state index contributed by atoms with van der Waals surface area (Å²) in [5.74, 6) is -0.0573. The average Bonchev–Trinajstić information content (AvgIpc) is 2.95. The molecule has 0 aliphatic carbocycles. The van der Waals surface area contributed by atoms with Crippen molar-refractivity contribution >= 4 is 55.7 Å². The number of fused-ring (bicyclic) bond motifs is 1. The lowest BCUT2D eigenvalue weighted by Gasteiger charge is -1.97. The zero-order valence-electron chi connectivity index (χ0n) is 8.91. The van der Waals surface area contributed by atoms with Gasteiger partial charge in [0.05, 0.1) is 14.4 Å². The molecule has 3 aromatic heterocycles. The molecule has 6 heteroatoms. The molecule has 0 aliphatic rings. The van der Waals surface area contributed by atoms with Gasteiger partial charge >= 0.3 is 0 Å². The van der Waals surface area contributed by atoms with Crippen LogP contribution in [-0.4, -0.2) is 15.8 Å². The van der Waals surface area contributed by atoms with Crippen molar-refractivity contribution in [2.45, 2.75) is 0 Å². The van der Waals surface area contributed by atoms with Crippen molar-refractivity contribution in [1.82, 2.24) is 9.97 Å². The van der Waals surface area contributed by atoms with Crippen LogP contribution in [0, 0.1) is 0 Å². The van der Waals surface area contributed by atoms with E-state index < -0.39 is 0 Å². The summed E-state index contributed by atoms with van der Waals surface area (Å²) in [6, 6.07) is 3.48. The second-order valence-electron chi connectivity index (χ2n) is 3.69. The summed E-state index contributed by atoms with van der Waals surface area (Å²) in [5.41, 5.74) is 1.82. The Hall–Kier alpha value is -1.17. The highest BCUT2D eigenvalue weighted by Gasteiger charge is 2.17. The molecule has 3 aromatic rings. The Labute approximate surface area is 120 Å². The summed E-state index contributed by atoms with van der Waals surface area (Å²) in [5, 5.41) is 3.01. The van der Waals surface area contributed by atoms with Crippen LogP contribution in [-0.2, 0) is 0 Å². The lowest BCUT2D eigenvalue weighted by atomic mass is 10.1. The van der Waals surface area contributed by atoms with Crippen LogP contribution in [0.2, 0.25) is 5.02 Å². The molecule has 0 unspecified atom stereocenters. The molecule has 3 nitrogen and oxygen atoms in total. The molecule has 3 heterocycles. The third-order valence-electron chi connectivity index (χ3n) is 2.60. The minimum absolute atomic E-state index is 0.0573. The first-order valence-electron chi connectivity index (χ1n) is 5.07. The first-order valence-corrected chi connectivity index (χ1v) is 7.12. The number of nitrogens with one attached hydrogen (secondary N) is 1. The van der Waals surface area contributed by atoms with Gasteiger partial charge in [-0.1, -0.05) is 11.6 Å². The summed E-state index contributed by atoms with van der Waals surface area (Å²) in [6.45, 7) is 0. The number of thiophene rings is 1. The van der Waals surface area contributed by atoms with Crippen molar-refractivity contribution in [3.8, 4) is 0 Å². The zero-order chi connectivity index (χ0) is 12.7. The molecule has 3 rings (SSSR count). The molecular weight excluding hydrogens is 336 g/mol. The number of nitrogens with zero attached hydrogens (tertiary/aromatic N) is 1. The number of hydrogen-bond donors (Lipinski definition) is 1. The van der Waals surface area contributed by atoms with Crippen LogP contribution in [0.25, 0.3) is 11.0 Å². The lowest BCUT2D eigenvalue weighted by Crippen LogP contribution is -1.98. The molecule has 0 spiro atoms. The molecular formula is C12H6BrClN2OS. The first kappa shape index (κ1) is 11.9. The molecule has 0 fully saturated rings. The van der Waals surface area contributed by atoms with Crippen LogP contribution in [0.3, 0.4) is 0 Å². The van der Waals surface area contributed by atoms with E-state index in [1.54, 1.807) is 24.5 Å². The number of halogens is 2. The number of pyridine rings is 1. The normalized spacial score (nSPS) is 11.0. The van der Waals surface area contributed by atoms with Gasteiger partial charge < -0.3 is 4.98 Å². The van der Waals surface area contributed by atoms with Gasteiger partial charge in [0, 0.05) is 28.7 Å². The van der Waals surface area contributed by atoms with E-state index in [9.17, 15) is 4.79 Å². The van der Waals surface area contributed by atoms with Crippen molar-refractivity contribution in [2.75, 3.05) is 0 Å². The SMILES string of the molecule is O=C(c1csc(Br)c1)c1c[nH]c2nccc(Cl)c12. The minimum atomic E-state index is -0.0573. The lowest BCUT2D eigenvalue weighted by molar-refractivity contribution is 0.104. The van der Waals surface area contributed by atoms with Gasteiger partial charge in [-0.05, 0) is 28.1 Å². The van der Waals surface area contributed by atoms with Gasteiger partial charge in [0.15, 0.2) is 5.78 Å². The fraction of sp³-hybridized carbons (Fsp3) is 0. The van der Waals surface area contributed by atoms with E-state index in [1.165, 1.54) is 11.3 Å². The van der Waals surface area contributed by atoms with Crippen molar-refractivity contribution in [3.05, 3.63) is 49.8 Å². The molecule has 0 amide bonds. The Morgan fingerprint density at radius 2 is 2.33 bits per heavy atom. The molecule has 1 N–H and O–H groups in total. The van der Waals surface area contributed by atoms with E-state index in [2.05, 4.69) is 25.9 Å². The number of H-pyrrole nitrogens is 1. The van der Waals surface area contributed by atoms with Gasteiger partial charge in [0.25, 0.3) is 0 Å². The number of carbonyl (C=O) groups excluding carboxylic acids is 1. The Morgan fingerprint density at radius 1 is 1.50 bits per heavy atom. The summed E-state index contributed by atoms with van der Waals surface area (Å²) in [6.07, 6.45) is 3.26. The molecule has 0 saturated heterocycles. The van der Waals surface area contributed by atoms with Crippen LogP contribution in [0.4, 0.5) is 0 Å². The van der Waals surface area contributed by atoms with Gasteiger partial charge in [0.2, 0.25) is 0 Å². The number of carbonyl (C=O) groups is 1. The van der Waals surface area contributed by atoms with Crippen molar-refractivity contribution < 1.29 is 4.79 Å². The summed E-state index contributed by atoms with van der Waals surface area (Å²) in [4.78, 5) is 19.5. The standard InChI is InChI=1S/C12H6BrClN2OS/c13-9-3-6(5-18-9)11(17)7-4-16-12-10(7)8(14)1-2-15-12/h1-5H,(H,15,16). The Morgan fingerprint density at radius 3 is 3.06 bits per heavy atom. The fourth-order valence-corrected chi connectivity index (χ4v) is 3.16. The second kappa shape index (κ2) is 4.50. The van der Waals surface area contributed by atoms with Gasteiger partial charge in [-0.2, -0.15) is 0 Å². The van der Waals surface area contributed by atoms with Crippen LogP contribution < -0.4 is 0 Å². The van der Waals surface area contributed by atoms with E-state index in [1.807, 2.05) is 5.38 Å². The average molecular weight is 342 g/mol. The van der Waals surface area contributed by atoms with Crippen molar-refractivity contribution in [3.63, 3.8) is 0 Å². The molecule has 0 saturated carbocycles. The van der Waals surface area contributed by atoms with Crippen LogP contribution >= 0.6 is 38.9 Å². The van der Waals surface area contributed by atoms with Gasteiger partial charge in [-0.25, -0.2) is 4.98 Å². The van der Waals surface area contributed by atoms with Gasteiger partial charge in [-0.3, -0.25) is 4.79 Å². The quantitative estimate of drug-likeness (QED) is 0.707. The maximum atomic E-state index is 12.4. The molecule has 0 aromatic carbocycles. The highest BCUT2D eigenvalue weighted by molar-refractivity contribution is 9.11. The third kappa shape index (κ3) is 1.88. The molecule has 0 radical (unpaired) electrons. The number of aromatic nitrogens is 2. The summed E-state index contributed by atoms with van der Waals surface area (Å²) < 4.78 is 0.926. The van der Waals surface area contributed by atoms with Crippen molar-refractivity contribution in [1.29, 1.82) is 0 Å². The molecule has 0 atom stereocenters. The van der Waals surface area contributed by atoms with E-state index in [0.717, 1.165) is 3.79 Å². The van der Waals surface area contributed by atoms with E-state index in [-0.39, 0.29) is 5.78 Å². The highest BCUT2D eigenvalue weighted by Crippen LogP contribution is 2.29. The Kier molecular flexibility index (Phi) is 2.97. The Balaban J connectivity index is 2.18. The maximum absolute atomic E-state index is 12.4. The molecule has 0 aliphatic heterocycles. The number of ketones is 1. The minimum Gasteiger partial charge on any atom is -0.345 e. The zero-order valence-corrected chi connectivity index (χ0v) is 12.1. The first-order chi connectivity index (χ1) is 8.66. The number of hydrogen-bond acceptors (Lipinski definition) is 3. The van der Waals surface area contributed by atoms with E-state index in [0.29, 0.717) is 27.2 Å². The molecule has 0 bridgehead atoms. The monoisotopic (exact) mass is 340 g/mol. The fourth-order valence-electron chi connectivity index (χ4n) is 1.78. The van der Waals surface area contributed by atoms with Crippen LogP contribution in [0.5, 0.6) is 0 Å². The predicted molar refractivity (Wildman–Crippen MR) is 76.6 cm³/mol. The highest BCUT2D eigenvalue weighted by atomic mass is 79.9. The number of rotatable bonds is 2. The Bertz CT molecular complexity index is 749. The predicted octanol–water partition coefficient (Wildman–Crippen LogP) is 4.27. The van der Waals surface area contributed by atoms with Gasteiger partial charge in [0.1, 0.15) is 5.65 Å². The topological polar surface area (TPSA) is 45.8 Å². The number of aromatic amines is 1. The van der Waals surface area contributed by atoms with Crippen LogP contribution in [0.1, 0.15) is 15.9 Å². The maximum Gasteiger partial charge on any atom is 0.196 e. The van der Waals surface area contributed by atoms with E-state index >= 15 is 0 Å². The second-order valence-corrected chi connectivity index (χ2v) is 6.39. The largest absolute Gasteiger partial charge is 0.345 e. The molecule has 90 valence electrons. The van der Waals surface area contributed by atoms with Crippen molar-refractivity contribution in [2.24, 2.45) is 0 Å². The third-order valence-corrected chi connectivity index (χ3v) is 4.42. The van der Waals surface area contributed by atoms with E-state index in [4.69, 9.17) is 11.6 Å². The van der Waals surface area contributed by atoms with Crippen LogP contribution in [0.15, 0.2) is 33.7 Å². The molecule has 18 heavy (non-hydrogen) atoms. The summed E-state index contributed by atoms with van der Waals surface area (Å²) >= 11 is 10.9. The van der Waals surface area contributed by atoms with Gasteiger partial charge in [-0.15, -0.1) is 11.3 Å².